The van der Waals surface area contributed by atoms with E-state index < -0.39 is 0 Å². The highest BCUT2D eigenvalue weighted by Gasteiger charge is 2.29. The van der Waals surface area contributed by atoms with Gasteiger partial charge < -0.3 is 20.0 Å². The lowest BCUT2D eigenvalue weighted by atomic mass is 10.1. The van der Waals surface area contributed by atoms with Crippen molar-refractivity contribution in [1.82, 2.24) is 20.5 Å². The van der Waals surface area contributed by atoms with E-state index in [4.69, 9.17) is 4.42 Å². The molecule has 0 spiro atoms. The van der Waals surface area contributed by atoms with Crippen molar-refractivity contribution in [1.29, 1.82) is 0 Å². The van der Waals surface area contributed by atoms with Gasteiger partial charge in [-0.15, -0.1) is 0 Å². The molecule has 2 heterocycles. The number of aromatic nitrogens is 1. The minimum Gasteiger partial charge on any atom is -0.444 e. The normalized spacial score (nSPS) is 18.4. The number of carbonyl (C=O) groups is 2. The molecule has 7 nitrogen and oxygen atoms in total. The van der Waals surface area contributed by atoms with Crippen molar-refractivity contribution >= 4 is 11.8 Å². The zero-order valence-corrected chi connectivity index (χ0v) is 18.4. The summed E-state index contributed by atoms with van der Waals surface area (Å²) in [6, 6.07) is 17.6. The van der Waals surface area contributed by atoms with Gasteiger partial charge in [0.15, 0.2) is 5.69 Å². The van der Waals surface area contributed by atoms with E-state index in [-0.39, 0.29) is 23.9 Å². The topological polar surface area (TPSA) is 87.5 Å². The fourth-order valence-electron chi connectivity index (χ4n) is 3.77. The number of oxazole rings is 1. The van der Waals surface area contributed by atoms with E-state index in [2.05, 4.69) is 22.5 Å². The second-order valence-corrected chi connectivity index (χ2v) is 8.29. The van der Waals surface area contributed by atoms with Gasteiger partial charge in [0.05, 0.1) is 6.42 Å². The van der Waals surface area contributed by atoms with Crippen molar-refractivity contribution in [2.75, 3.05) is 13.1 Å². The van der Waals surface area contributed by atoms with Crippen LogP contribution in [-0.2, 0) is 17.8 Å². The molecule has 3 aromatic rings. The van der Waals surface area contributed by atoms with Crippen molar-refractivity contribution < 1.29 is 14.0 Å². The number of benzene rings is 2. The summed E-state index contributed by atoms with van der Waals surface area (Å²) in [6.07, 6.45) is 1.78. The molecule has 1 aromatic heterocycles. The van der Waals surface area contributed by atoms with Crippen LogP contribution >= 0.6 is 0 Å². The van der Waals surface area contributed by atoms with E-state index in [9.17, 15) is 9.59 Å². The number of nitrogens with one attached hydrogen (secondary N) is 2. The summed E-state index contributed by atoms with van der Waals surface area (Å²) in [5, 5.41) is 6.31. The molecule has 1 aliphatic rings. The molecule has 0 unspecified atom stereocenters. The molecular formula is C25H28N4O3. The van der Waals surface area contributed by atoms with Crippen LogP contribution in [0.5, 0.6) is 0 Å². The summed E-state index contributed by atoms with van der Waals surface area (Å²) in [4.78, 5) is 31.3. The van der Waals surface area contributed by atoms with E-state index in [1.165, 1.54) is 6.26 Å². The van der Waals surface area contributed by atoms with E-state index in [1.807, 2.05) is 66.4 Å². The number of rotatable bonds is 6. The van der Waals surface area contributed by atoms with Gasteiger partial charge in [0.1, 0.15) is 6.26 Å². The van der Waals surface area contributed by atoms with Crippen LogP contribution in [0.15, 0.2) is 65.3 Å². The largest absolute Gasteiger partial charge is 0.444 e. The fraction of sp³-hybridized carbons (Fsp3) is 0.320. The molecule has 0 bridgehead atoms. The Hall–Kier alpha value is -3.45. The van der Waals surface area contributed by atoms with Gasteiger partial charge in [-0.25, -0.2) is 4.98 Å². The zero-order chi connectivity index (χ0) is 22.5. The summed E-state index contributed by atoms with van der Waals surface area (Å²) in [5.41, 5.74) is 3.06. The van der Waals surface area contributed by atoms with Gasteiger partial charge in [-0.05, 0) is 37.1 Å². The third kappa shape index (κ3) is 5.23. The second kappa shape index (κ2) is 9.78. The van der Waals surface area contributed by atoms with Crippen molar-refractivity contribution in [3.05, 3.63) is 77.7 Å². The van der Waals surface area contributed by atoms with Crippen molar-refractivity contribution in [2.45, 2.75) is 38.9 Å². The first kappa shape index (κ1) is 21.8. The Morgan fingerprint density at radius 3 is 2.59 bits per heavy atom. The van der Waals surface area contributed by atoms with Crippen LogP contribution in [-0.4, -0.2) is 46.9 Å². The molecule has 1 saturated heterocycles. The van der Waals surface area contributed by atoms with E-state index >= 15 is 0 Å². The predicted molar refractivity (Wildman–Crippen MR) is 122 cm³/mol. The first-order valence-electron chi connectivity index (χ1n) is 10.9. The van der Waals surface area contributed by atoms with Gasteiger partial charge in [0, 0.05) is 37.3 Å². The first-order valence-corrected chi connectivity index (χ1v) is 10.9. The molecule has 4 rings (SSSR count). The molecule has 0 saturated carbocycles. The van der Waals surface area contributed by atoms with Gasteiger partial charge in [-0.3, -0.25) is 9.59 Å². The van der Waals surface area contributed by atoms with Crippen LogP contribution in [0.1, 0.15) is 35.5 Å². The second-order valence-electron chi connectivity index (χ2n) is 8.29. The van der Waals surface area contributed by atoms with Gasteiger partial charge in [-0.1, -0.05) is 42.5 Å². The van der Waals surface area contributed by atoms with Gasteiger partial charge >= 0.3 is 0 Å². The monoisotopic (exact) mass is 432 g/mol. The molecule has 166 valence electrons. The Balaban J connectivity index is 1.34. The lowest BCUT2D eigenvalue weighted by molar-refractivity contribution is -0.120. The molecule has 2 N–H and O–H groups in total. The summed E-state index contributed by atoms with van der Waals surface area (Å²) < 4.78 is 5.59. The number of hydrogen-bond donors (Lipinski definition) is 2. The van der Waals surface area contributed by atoms with E-state index in [1.54, 1.807) is 0 Å². The van der Waals surface area contributed by atoms with Crippen LogP contribution in [0.25, 0.3) is 11.5 Å². The Bertz CT molecular complexity index is 1060. The standard InChI is InChI=1S/C25H28N4O3/c1-17-15-29(18(2)13-26-17)25(31)22-16-32-24(28-22)21-10-8-20(9-11-21)14-27-23(30)12-19-6-4-3-5-7-19/h3-11,16-18,26H,12-15H2,1-2H3,(H,27,30)/t17-,18+/m0/s1. The first-order chi connectivity index (χ1) is 15.5. The van der Waals surface area contributed by atoms with Gasteiger partial charge in [0.2, 0.25) is 11.8 Å². The highest BCUT2D eigenvalue weighted by atomic mass is 16.3. The molecule has 0 radical (unpaired) electrons. The number of carbonyl (C=O) groups excluding carboxylic acids is 2. The Morgan fingerprint density at radius 1 is 1.09 bits per heavy atom. The Kier molecular flexibility index (Phi) is 6.66. The Labute approximate surface area is 187 Å². The molecule has 2 aromatic carbocycles. The summed E-state index contributed by atoms with van der Waals surface area (Å²) in [7, 11) is 0. The highest BCUT2D eigenvalue weighted by molar-refractivity contribution is 5.92. The van der Waals surface area contributed by atoms with Crippen molar-refractivity contribution in [3.63, 3.8) is 0 Å². The maximum absolute atomic E-state index is 12.9. The SMILES string of the molecule is C[C@@H]1CN[C@@H](C)CN1C(=O)c1coc(-c2ccc(CNC(=O)Cc3ccccc3)cc2)n1. The fourth-order valence-corrected chi connectivity index (χ4v) is 3.77. The quantitative estimate of drug-likeness (QED) is 0.625. The molecule has 0 aliphatic carbocycles. The van der Waals surface area contributed by atoms with E-state index in [0.717, 1.165) is 23.2 Å². The van der Waals surface area contributed by atoms with Gasteiger partial charge in [-0.2, -0.15) is 0 Å². The lowest BCUT2D eigenvalue weighted by Crippen LogP contribution is -2.56. The average molecular weight is 433 g/mol. The highest BCUT2D eigenvalue weighted by Crippen LogP contribution is 2.21. The summed E-state index contributed by atoms with van der Waals surface area (Å²) >= 11 is 0. The molecule has 32 heavy (non-hydrogen) atoms. The predicted octanol–water partition coefficient (Wildman–Crippen LogP) is 3.02. The maximum Gasteiger partial charge on any atom is 0.276 e. The molecule has 2 atom stereocenters. The Morgan fingerprint density at radius 2 is 1.84 bits per heavy atom. The molecule has 2 amide bonds. The average Bonchev–Trinajstić information content (AvgIpc) is 3.30. The zero-order valence-electron chi connectivity index (χ0n) is 18.4. The van der Waals surface area contributed by atoms with Crippen LogP contribution in [0.2, 0.25) is 0 Å². The van der Waals surface area contributed by atoms with Crippen LogP contribution in [0.3, 0.4) is 0 Å². The third-order valence-electron chi connectivity index (χ3n) is 5.65. The number of amides is 2. The van der Waals surface area contributed by atoms with Gasteiger partial charge in [0.25, 0.3) is 5.91 Å². The summed E-state index contributed by atoms with van der Waals surface area (Å²) in [6.45, 7) is 5.94. The van der Waals surface area contributed by atoms with Crippen LogP contribution in [0, 0.1) is 0 Å². The van der Waals surface area contributed by atoms with Crippen molar-refractivity contribution in [3.8, 4) is 11.5 Å². The number of hydrogen-bond acceptors (Lipinski definition) is 5. The molecule has 1 aliphatic heterocycles. The number of piperazine rings is 1. The number of nitrogens with zero attached hydrogens (tertiary/aromatic N) is 2. The van der Waals surface area contributed by atoms with E-state index in [0.29, 0.717) is 31.1 Å². The lowest BCUT2D eigenvalue weighted by Gasteiger charge is -2.37. The van der Waals surface area contributed by atoms with Crippen molar-refractivity contribution in [2.24, 2.45) is 0 Å². The molecular weight excluding hydrogens is 404 g/mol. The minimum absolute atomic E-state index is 0.0207. The molecule has 7 heteroatoms. The maximum atomic E-state index is 12.9. The minimum atomic E-state index is -0.112. The third-order valence-corrected chi connectivity index (χ3v) is 5.65. The smallest absolute Gasteiger partial charge is 0.276 e. The van der Waals surface area contributed by atoms with Crippen LogP contribution < -0.4 is 10.6 Å². The molecule has 1 fully saturated rings. The summed E-state index contributed by atoms with van der Waals surface area (Å²) in [5.74, 6) is 0.273. The van der Waals surface area contributed by atoms with Crippen LogP contribution in [0.4, 0.5) is 0 Å².